The Morgan fingerprint density at radius 3 is 2.29 bits per heavy atom. The lowest BCUT2D eigenvalue weighted by molar-refractivity contribution is 0.434. The monoisotopic (exact) mass is 273 g/mol. The molecule has 0 spiro atoms. The Bertz CT molecular complexity index is 493. The van der Waals surface area contributed by atoms with E-state index in [9.17, 15) is 8.42 Å². The highest BCUT2D eigenvalue weighted by Gasteiger charge is 2.32. The fourth-order valence-electron chi connectivity index (χ4n) is 2.25. The molecule has 0 atom stereocenters. The van der Waals surface area contributed by atoms with Crippen LogP contribution >= 0.6 is 11.6 Å². The summed E-state index contributed by atoms with van der Waals surface area (Å²) in [6, 6.07) is 6.77. The molecular formula is C12H16ClNO2S. The van der Waals surface area contributed by atoms with Crippen LogP contribution in [0.4, 0.5) is 0 Å². The topological polar surface area (TPSA) is 60.2 Å². The van der Waals surface area contributed by atoms with Gasteiger partial charge in [0.2, 0.25) is 0 Å². The van der Waals surface area contributed by atoms with Crippen molar-refractivity contribution in [2.75, 3.05) is 0 Å². The number of sulfone groups is 1. The second-order valence-electron chi connectivity index (χ2n) is 4.51. The summed E-state index contributed by atoms with van der Waals surface area (Å²) in [7, 11) is -3.30. The van der Waals surface area contributed by atoms with Crippen LogP contribution in [0.25, 0.3) is 0 Å². The Balaban J connectivity index is 2.28. The molecule has 0 heterocycles. The highest BCUT2D eigenvalue weighted by Crippen LogP contribution is 2.31. The van der Waals surface area contributed by atoms with Crippen LogP contribution in [0.15, 0.2) is 29.2 Å². The van der Waals surface area contributed by atoms with E-state index >= 15 is 0 Å². The van der Waals surface area contributed by atoms with Crippen molar-refractivity contribution in [3.63, 3.8) is 0 Å². The molecule has 1 aliphatic rings. The van der Waals surface area contributed by atoms with Crippen LogP contribution in [-0.2, 0) is 9.84 Å². The Morgan fingerprint density at radius 1 is 1.12 bits per heavy atom. The lowest BCUT2D eigenvalue weighted by Gasteiger charge is -2.26. The van der Waals surface area contributed by atoms with Crippen molar-refractivity contribution >= 4 is 21.4 Å². The van der Waals surface area contributed by atoms with Gasteiger partial charge in [0.25, 0.3) is 0 Å². The molecule has 1 aromatic carbocycles. The number of hydrogen-bond donors (Lipinski definition) is 1. The highest BCUT2D eigenvalue weighted by molar-refractivity contribution is 7.92. The third kappa shape index (κ3) is 2.64. The molecular weight excluding hydrogens is 258 g/mol. The molecule has 2 N–H and O–H groups in total. The zero-order chi connectivity index (χ0) is 12.5. The Hall–Kier alpha value is -0.580. The first-order valence-electron chi connectivity index (χ1n) is 5.76. The predicted molar refractivity (Wildman–Crippen MR) is 68.9 cm³/mol. The summed E-state index contributed by atoms with van der Waals surface area (Å²) < 4.78 is 24.8. The SMILES string of the molecule is NC1CCC(S(=O)(=O)c2ccccc2Cl)CC1. The van der Waals surface area contributed by atoms with Crippen LogP contribution in [0.1, 0.15) is 25.7 Å². The molecule has 1 fully saturated rings. The minimum absolute atomic E-state index is 0.146. The van der Waals surface area contributed by atoms with E-state index in [0.717, 1.165) is 12.8 Å². The second kappa shape index (κ2) is 4.96. The minimum Gasteiger partial charge on any atom is -0.328 e. The first-order chi connectivity index (χ1) is 8.01. The van der Waals surface area contributed by atoms with Crippen molar-refractivity contribution in [2.24, 2.45) is 5.73 Å². The van der Waals surface area contributed by atoms with Gasteiger partial charge in [0, 0.05) is 6.04 Å². The maximum absolute atomic E-state index is 12.4. The van der Waals surface area contributed by atoms with Crippen molar-refractivity contribution < 1.29 is 8.42 Å². The number of nitrogens with two attached hydrogens (primary N) is 1. The van der Waals surface area contributed by atoms with Crippen LogP contribution < -0.4 is 5.73 Å². The summed E-state index contributed by atoms with van der Waals surface area (Å²) in [4.78, 5) is 0.252. The van der Waals surface area contributed by atoms with Gasteiger partial charge in [-0.3, -0.25) is 0 Å². The van der Waals surface area contributed by atoms with Gasteiger partial charge >= 0.3 is 0 Å². The molecule has 0 bridgehead atoms. The van der Waals surface area contributed by atoms with E-state index in [2.05, 4.69) is 0 Å². The van der Waals surface area contributed by atoms with Gasteiger partial charge in [-0.2, -0.15) is 0 Å². The van der Waals surface area contributed by atoms with Gasteiger partial charge < -0.3 is 5.73 Å². The molecule has 1 saturated carbocycles. The highest BCUT2D eigenvalue weighted by atomic mass is 35.5. The zero-order valence-electron chi connectivity index (χ0n) is 9.47. The van der Waals surface area contributed by atoms with Gasteiger partial charge in [-0.05, 0) is 37.8 Å². The third-order valence-electron chi connectivity index (χ3n) is 3.30. The first-order valence-corrected chi connectivity index (χ1v) is 7.68. The molecule has 1 aliphatic carbocycles. The quantitative estimate of drug-likeness (QED) is 0.900. The molecule has 5 heteroatoms. The summed E-state index contributed by atoms with van der Waals surface area (Å²) in [5, 5.41) is -0.0235. The standard InChI is InChI=1S/C12H16ClNO2S/c13-11-3-1-2-4-12(11)17(15,16)10-7-5-9(14)6-8-10/h1-4,9-10H,5-8,14H2. The Labute approximate surface area is 107 Å². The molecule has 2 rings (SSSR count). The van der Waals surface area contributed by atoms with Gasteiger partial charge in [-0.25, -0.2) is 8.42 Å². The van der Waals surface area contributed by atoms with E-state index in [-0.39, 0.29) is 16.2 Å². The lowest BCUT2D eigenvalue weighted by Crippen LogP contribution is -2.33. The average Bonchev–Trinajstić information content (AvgIpc) is 2.30. The van der Waals surface area contributed by atoms with E-state index in [1.54, 1.807) is 24.3 Å². The summed E-state index contributed by atoms with van der Waals surface area (Å²) in [5.74, 6) is 0. The van der Waals surface area contributed by atoms with E-state index in [1.807, 2.05) is 0 Å². The Morgan fingerprint density at radius 2 is 1.71 bits per heavy atom. The maximum atomic E-state index is 12.4. The molecule has 0 radical (unpaired) electrons. The van der Waals surface area contributed by atoms with Gasteiger partial charge in [0.15, 0.2) is 9.84 Å². The molecule has 1 aromatic rings. The van der Waals surface area contributed by atoms with Crippen LogP contribution in [-0.4, -0.2) is 19.7 Å². The van der Waals surface area contributed by atoms with Crippen molar-refractivity contribution in [1.29, 1.82) is 0 Å². The van der Waals surface area contributed by atoms with Crippen LogP contribution in [0.5, 0.6) is 0 Å². The molecule has 0 saturated heterocycles. The molecule has 0 unspecified atom stereocenters. The normalized spacial score (nSPS) is 25.8. The van der Waals surface area contributed by atoms with Gasteiger partial charge in [-0.15, -0.1) is 0 Å². The molecule has 3 nitrogen and oxygen atoms in total. The van der Waals surface area contributed by atoms with E-state index < -0.39 is 9.84 Å². The summed E-state index contributed by atoms with van der Waals surface area (Å²) in [6.45, 7) is 0. The molecule has 17 heavy (non-hydrogen) atoms. The number of hydrogen-bond acceptors (Lipinski definition) is 3. The molecule has 0 amide bonds. The number of halogens is 1. The minimum atomic E-state index is -3.30. The van der Waals surface area contributed by atoms with E-state index in [1.165, 1.54) is 0 Å². The maximum Gasteiger partial charge on any atom is 0.182 e. The van der Waals surface area contributed by atoms with Crippen molar-refractivity contribution in [2.45, 2.75) is 41.9 Å². The Kier molecular flexibility index (Phi) is 3.76. The first kappa shape index (κ1) is 12.9. The van der Waals surface area contributed by atoms with Crippen molar-refractivity contribution in [1.82, 2.24) is 0 Å². The average molecular weight is 274 g/mol. The van der Waals surface area contributed by atoms with Crippen molar-refractivity contribution in [3.05, 3.63) is 29.3 Å². The lowest BCUT2D eigenvalue weighted by atomic mass is 9.96. The van der Waals surface area contributed by atoms with E-state index in [4.69, 9.17) is 17.3 Å². The van der Waals surface area contributed by atoms with Gasteiger partial charge in [-0.1, -0.05) is 23.7 Å². The molecule has 0 aromatic heterocycles. The van der Waals surface area contributed by atoms with Gasteiger partial charge in [0.05, 0.1) is 15.2 Å². The van der Waals surface area contributed by atoms with Crippen LogP contribution in [0, 0.1) is 0 Å². The van der Waals surface area contributed by atoms with E-state index in [0.29, 0.717) is 17.9 Å². The summed E-state index contributed by atoms with van der Waals surface area (Å²) in [6.07, 6.45) is 2.81. The molecule has 0 aliphatic heterocycles. The zero-order valence-corrected chi connectivity index (χ0v) is 11.0. The third-order valence-corrected chi connectivity index (χ3v) is 6.06. The summed E-state index contributed by atoms with van der Waals surface area (Å²) in [5.41, 5.74) is 5.79. The van der Waals surface area contributed by atoms with Crippen LogP contribution in [0.2, 0.25) is 5.02 Å². The fraction of sp³-hybridized carbons (Fsp3) is 0.500. The fourth-order valence-corrected chi connectivity index (χ4v) is 4.57. The number of benzene rings is 1. The van der Waals surface area contributed by atoms with Gasteiger partial charge in [0.1, 0.15) is 0 Å². The predicted octanol–water partition coefficient (Wildman–Crippen LogP) is 2.38. The second-order valence-corrected chi connectivity index (χ2v) is 7.12. The van der Waals surface area contributed by atoms with Crippen molar-refractivity contribution in [3.8, 4) is 0 Å². The largest absolute Gasteiger partial charge is 0.328 e. The molecule has 94 valence electrons. The van der Waals surface area contributed by atoms with Crippen LogP contribution in [0.3, 0.4) is 0 Å². The smallest absolute Gasteiger partial charge is 0.182 e. The summed E-state index contributed by atoms with van der Waals surface area (Å²) >= 11 is 5.95. The number of rotatable bonds is 2.